The molecule has 3 aromatic rings. The van der Waals surface area contributed by atoms with Gasteiger partial charge in [-0.05, 0) is 12.1 Å². The Kier molecular flexibility index (Phi) is 3.70. The molecule has 1 aromatic heterocycles. The molecule has 2 aromatic carbocycles. The molecule has 0 unspecified atom stereocenters. The van der Waals surface area contributed by atoms with E-state index in [1.54, 1.807) is 0 Å². The molecule has 1 heterocycles. The zero-order chi connectivity index (χ0) is 14.5. The van der Waals surface area contributed by atoms with Gasteiger partial charge in [-0.25, -0.2) is 5.84 Å². The van der Waals surface area contributed by atoms with E-state index in [2.05, 4.69) is 20.8 Å². The van der Waals surface area contributed by atoms with E-state index in [1.807, 2.05) is 60.7 Å². The number of nitrogens with zero attached hydrogens (tertiary/aromatic N) is 3. The number of rotatable bonds is 4. The van der Waals surface area contributed by atoms with E-state index in [1.165, 1.54) is 0 Å². The number of hydrazine groups is 1. The van der Waals surface area contributed by atoms with Crippen LogP contribution in [0.3, 0.4) is 0 Å². The molecular weight excluding hydrogens is 266 g/mol. The van der Waals surface area contributed by atoms with Gasteiger partial charge in [0.05, 0.1) is 5.69 Å². The molecule has 6 nitrogen and oxygen atoms in total. The first kappa shape index (κ1) is 13.0. The van der Waals surface area contributed by atoms with Crippen molar-refractivity contribution in [2.24, 2.45) is 16.1 Å². The van der Waals surface area contributed by atoms with Crippen LogP contribution in [0.15, 0.2) is 75.4 Å². The third kappa shape index (κ3) is 2.80. The van der Waals surface area contributed by atoms with Crippen LogP contribution in [-0.4, -0.2) is 5.16 Å². The molecule has 6 heteroatoms. The second kappa shape index (κ2) is 5.98. The largest absolute Gasteiger partial charge is 0.334 e. The second-order valence-corrected chi connectivity index (χ2v) is 4.25. The van der Waals surface area contributed by atoms with Crippen molar-refractivity contribution in [2.45, 2.75) is 0 Å². The molecule has 3 N–H and O–H groups in total. The first-order valence-corrected chi connectivity index (χ1v) is 6.37. The number of anilines is 1. The third-order valence-electron chi connectivity index (χ3n) is 2.87. The summed E-state index contributed by atoms with van der Waals surface area (Å²) in [6.07, 6.45) is 0. The summed E-state index contributed by atoms with van der Waals surface area (Å²) in [6, 6.07) is 19.0. The monoisotopic (exact) mass is 279 g/mol. The summed E-state index contributed by atoms with van der Waals surface area (Å²) >= 11 is 0. The van der Waals surface area contributed by atoms with Crippen LogP contribution in [0.25, 0.3) is 11.3 Å². The first-order valence-electron chi connectivity index (χ1n) is 6.37. The lowest BCUT2D eigenvalue weighted by molar-refractivity contribution is 0.435. The molecule has 0 amide bonds. The minimum absolute atomic E-state index is 0.272. The average Bonchev–Trinajstić information content (AvgIpc) is 2.97. The maximum atomic E-state index is 5.43. The predicted octanol–water partition coefficient (Wildman–Crippen LogP) is 4.04. The van der Waals surface area contributed by atoms with Gasteiger partial charge in [0.1, 0.15) is 5.69 Å². The SMILES string of the molecule is NNc1onc(-c2ccccc2)c1N=Nc1ccccc1. The van der Waals surface area contributed by atoms with Crippen LogP contribution in [0, 0.1) is 0 Å². The van der Waals surface area contributed by atoms with E-state index < -0.39 is 0 Å². The van der Waals surface area contributed by atoms with Crippen LogP contribution in [0.2, 0.25) is 0 Å². The van der Waals surface area contributed by atoms with Gasteiger partial charge in [-0.15, -0.1) is 5.11 Å². The van der Waals surface area contributed by atoms with Crippen LogP contribution in [-0.2, 0) is 0 Å². The molecule has 0 aliphatic heterocycles. The average molecular weight is 279 g/mol. The quantitative estimate of drug-likeness (QED) is 0.428. The molecule has 0 aliphatic rings. The molecule has 0 aliphatic carbocycles. The molecule has 21 heavy (non-hydrogen) atoms. The fourth-order valence-corrected chi connectivity index (χ4v) is 1.86. The highest BCUT2D eigenvalue weighted by atomic mass is 16.5. The van der Waals surface area contributed by atoms with Crippen molar-refractivity contribution in [1.29, 1.82) is 0 Å². The Bertz CT molecular complexity index is 737. The lowest BCUT2D eigenvalue weighted by Crippen LogP contribution is -2.05. The Morgan fingerprint density at radius 3 is 2.24 bits per heavy atom. The Morgan fingerprint density at radius 2 is 1.57 bits per heavy atom. The standard InChI is InChI=1S/C15H13N5O/c16-17-15-14(19-18-12-9-5-2-6-10-12)13(20-21-15)11-7-3-1-4-8-11/h1-10,17H,16H2. The molecule has 0 saturated carbocycles. The minimum atomic E-state index is 0.272. The molecule has 0 spiro atoms. The summed E-state index contributed by atoms with van der Waals surface area (Å²) in [6.45, 7) is 0. The summed E-state index contributed by atoms with van der Waals surface area (Å²) in [7, 11) is 0. The van der Waals surface area contributed by atoms with E-state index in [0.29, 0.717) is 11.4 Å². The van der Waals surface area contributed by atoms with Crippen molar-refractivity contribution in [2.75, 3.05) is 5.43 Å². The Hall–Kier alpha value is -2.99. The van der Waals surface area contributed by atoms with Crippen LogP contribution >= 0.6 is 0 Å². The molecular formula is C15H13N5O. The van der Waals surface area contributed by atoms with Crippen molar-refractivity contribution in [3.8, 4) is 11.3 Å². The molecule has 0 saturated heterocycles. The van der Waals surface area contributed by atoms with Crippen molar-refractivity contribution in [1.82, 2.24) is 5.16 Å². The summed E-state index contributed by atoms with van der Waals surface area (Å²) in [4.78, 5) is 0. The van der Waals surface area contributed by atoms with Crippen molar-refractivity contribution >= 4 is 17.3 Å². The van der Waals surface area contributed by atoms with Gasteiger partial charge in [0.2, 0.25) is 0 Å². The summed E-state index contributed by atoms with van der Waals surface area (Å²) < 4.78 is 5.15. The van der Waals surface area contributed by atoms with Crippen LogP contribution in [0.1, 0.15) is 0 Å². The molecule has 104 valence electrons. The highest BCUT2D eigenvalue weighted by Gasteiger charge is 2.16. The normalized spacial score (nSPS) is 10.9. The maximum absolute atomic E-state index is 5.43. The van der Waals surface area contributed by atoms with Crippen molar-refractivity contribution in [3.05, 3.63) is 60.7 Å². The molecule has 0 fully saturated rings. The summed E-state index contributed by atoms with van der Waals surface area (Å²) in [5, 5.41) is 12.4. The lowest BCUT2D eigenvalue weighted by Gasteiger charge is -1.97. The summed E-state index contributed by atoms with van der Waals surface area (Å²) in [5.74, 6) is 5.70. The maximum Gasteiger partial charge on any atom is 0.267 e. The van der Waals surface area contributed by atoms with E-state index >= 15 is 0 Å². The molecule has 0 atom stereocenters. The van der Waals surface area contributed by atoms with Crippen LogP contribution in [0.4, 0.5) is 17.3 Å². The lowest BCUT2D eigenvalue weighted by atomic mass is 10.1. The molecule has 0 bridgehead atoms. The Labute approximate surface area is 121 Å². The third-order valence-corrected chi connectivity index (χ3v) is 2.87. The van der Waals surface area contributed by atoms with Gasteiger partial charge in [-0.3, -0.25) is 5.43 Å². The fraction of sp³-hybridized carbons (Fsp3) is 0. The zero-order valence-electron chi connectivity index (χ0n) is 11.1. The van der Waals surface area contributed by atoms with Gasteiger partial charge in [0, 0.05) is 5.56 Å². The molecule has 0 radical (unpaired) electrons. The number of hydrogen-bond donors (Lipinski definition) is 2. The number of aromatic nitrogens is 1. The number of hydrogen-bond acceptors (Lipinski definition) is 6. The number of nitrogens with two attached hydrogens (primary N) is 1. The topological polar surface area (TPSA) is 88.8 Å². The fourth-order valence-electron chi connectivity index (χ4n) is 1.86. The predicted molar refractivity (Wildman–Crippen MR) is 80.4 cm³/mol. The second-order valence-electron chi connectivity index (χ2n) is 4.25. The summed E-state index contributed by atoms with van der Waals surface area (Å²) in [5.41, 5.74) is 5.11. The first-order chi connectivity index (χ1) is 10.4. The number of nitrogens with one attached hydrogen (secondary N) is 1. The van der Waals surface area contributed by atoms with E-state index in [4.69, 9.17) is 10.4 Å². The highest BCUT2D eigenvalue weighted by Crippen LogP contribution is 2.36. The number of benzene rings is 2. The van der Waals surface area contributed by atoms with Crippen LogP contribution in [0.5, 0.6) is 0 Å². The van der Waals surface area contributed by atoms with Gasteiger partial charge in [-0.2, -0.15) is 5.11 Å². The van der Waals surface area contributed by atoms with Gasteiger partial charge in [0.15, 0.2) is 5.69 Å². The minimum Gasteiger partial charge on any atom is -0.334 e. The van der Waals surface area contributed by atoms with E-state index in [9.17, 15) is 0 Å². The molecule has 3 rings (SSSR count). The zero-order valence-corrected chi connectivity index (χ0v) is 11.1. The van der Waals surface area contributed by atoms with E-state index in [0.717, 1.165) is 11.3 Å². The van der Waals surface area contributed by atoms with Gasteiger partial charge in [-0.1, -0.05) is 53.7 Å². The van der Waals surface area contributed by atoms with Gasteiger partial charge >= 0.3 is 0 Å². The van der Waals surface area contributed by atoms with Crippen LogP contribution < -0.4 is 11.3 Å². The Morgan fingerprint density at radius 1 is 0.905 bits per heavy atom. The van der Waals surface area contributed by atoms with Crippen molar-refractivity contribution in [3.63, 3.8) is 0 Å². The smallest absolute Gasteiger partial charge is 0.267 e. The van der Waals surface area contributed by atoms with Gasteiger partial charge in [0.25, 0.3) is 5.88 Å². The van der Waals surface area contributed by atoms with E-state index in [-0.39, 0.29) is 5.88 Å². The highest BCUT2D eigenvalue weighted by molar-refractivity contribution is 5.78. The number of azo groups is 1. The van der Waals surface area contributed by atoms with Gasteiger partial charge < -0.3 is 4.52 Å². The Balaban J connectivity index is 2.01. The van der Waals surface area contributed by atoms with Crippen molar-refractivity contribution < 1.29 is 4.52 Å². The number of nitrogen functional groups attached to an aromatic ring is 1.